The smallest absolute Gasteiger partial charge is 0.267 e. The summed E-state index contributed by atoms with van der Waals surface area (Å²) in [6.07, 6.45) is 1.43. The third kappa shape index (κ3) is 2.48. The molecular formula is C23H17FN4O2. The van der Waals surface area contributed by atoms with E-state index in [9.17, 15) is 14.0 Å². The van der Waals surface area contributed by atoms with E-state index in [0.717, 1.165) is 11.1 Å². The van der Waals surface area contributed by atoms with Crippen LogP contribution in [0.1, 0.15) is 31.8 Å². The molecule has 0 atom stereocenters. The Balaban J connectivity index is 1.75. The van der Waals surface area contributed by atoms with Gasteiger partial charge < -0.3 is 0 Å². The van der Waals surface area contributed by atoms with Crippen LogP contribution in [0.15, 0.2) is 48.7 Å². The average Bonchev–Trinajstić information content (AvgIpc) is 3.19. The fourth-order valence-electron chi connectivity index (χ4n) is 3.84. The molecule has 4 aromatic rings. The van der Waals surface area contributed by atoms with E-state index in [0.29, 0.717) is 28.0 Å². The van der Waals surface area contributed by atoms with Gasteiger partial charge >= 0.3 is 0 Å². The molecule has 3 heterocycles. The molecule has 0 unspecified atom stereocenters. The third-order valence-electron chi connectivity index (χ3n) is 5.57. The molecule has 148 valence electrons. The summed E-state index contributed by atoms with van der Waals surface area (Å²) in [5, 5.41) is 4.99. The highest BCUT2D eigenvalue weighted by Gasteiger charge is 2.40. The van der Waals surface area contributed by atoms with Crippen LogP contribution in [0, 0.1) is 19.7 Å². The second kappa shape index (κ2) is 6.32. The molecule has 1 aliphatic heterocycles. The first kappa shape index (κ1) is 18.2. The number of carbonyl (C=O) groups is 2. The van der Waals surface area contributed by atoms with Crippen LogP contribution in [0.5, 0.6) is 0 Å². The Morgan fingerprint density at radius 1 is 0.933 bits per heavy atom. The van der Waals surface area contributed by atoms with Gasteiger partial charge in [0.2, 0.25) is 0 Å². The van der Waals surface area contributed by atoms with Crippen LogP contribution in [0.3, 0.4) is 0 Å². The molecule has 0 saturated carbocycles. The molecule has 5 rings (SSSR count). The number of aryl methyl sites for hydroxylation is 3. The van der Waals surface area contributed by atoms with E-state index in [4.69, 9.17) is 0 Å². The number of imide groups is 1. The standard InChI is InChI=1S/C23H17FN4O2/c1-12-4-9-16(10-13(12)2)28-22(29)17-11-25-21-19(18(17)23(28)30)20(26-27(21)3)14-5-7-15(24)8-6-14/h4-11H,1-3H3. The molecule has 6 nitrogen and oxygen atoms in total. The van der Waals surface area contributed by atoms with Gasteiger partial charge in [0.15, 0.2) is 5.65 Å². The number of hydrogen-bond donors (Lipinski definition) is 0. The minimum atomic E-state index is -0.415. The summed E-state index contributed by atoms with van der Waals surface area (Å²) in [6.45, 7) is 3.91. The van der Waals surface area contributed by atoms with Crippen molar-refractivity contribution in [2.24, 2.45) is 7.05 Å². The summed E-state index contributed by atoms with van der Waals surface area (Å²) in [7, 11) is 1.72. The number of pyridine rings is 1. The summed E-state index contributed by atoms with van der Waals surface area (Å²) in [5.41, 5.74) is 4.70. The molecule has 0 fully saturated rings. The number of benzene rings is 2. The zero-order valence-corrected chi connectivity index (χ0v) is 16.6. The van der Waals surface area contributed by atoms with Gasteiger partial charge in [-0.05, 0) is 61.4 Å². The predicted molar refractivity (Wildman–Crippen MR) is 111 cm³/mol. The molecule has 0 spiro atoms. The van der Waals surface area contributed by atoms with Crippen LogP contribution < -0.4 is 4.90 Å². The Hall–Kier alpha value is -3.87. The number of amides is 2. The van der Waals surface area contributed by atoms with Gasteiger partial charge in [0.25, 0.3) is 11.8 Å². The van der Waals surface area contributed by atoms with E-state index in [-0.39, 0.29) is 16.9 Å². The zero-order valence-electron chi connectivity index (χ0n) is 16.6. The van der Waals surface area contributed by atoms with E-state index in [2.05, 4.69) is 10.1 Å². The molecule has 1 aliphatic rings. The van der Waals surface area contributed by atoms with Crippen LogP contribution in [0.2, 0.25) is 0 Å². The zero-order chi connectivity index (χ0) is 21.2. The quantitative estimate of drug-likeness (QED) is 0.473. The number of carbonyl (C=O) groups excluding carboxylic acids is 2. The van der Waals surface area contributed by atoms with Crippen LogP contribution in [0.4, 0.5) is 10.1 Å². The van der Waals surface area contributed by atoms with Crippen LogP contribution in [0.25, 0.3) is 22.3 Å². The highest BCUT2D eigenvalue weighted by atomic mass is 19.1. The molecule has 0 saturated heterocycles. The number of halogens is 1. The van der Waals surface area contributed by atoms with Crippen molar-refractivity contribution in [1.29, 1.82) is 0 Å². The van der Waals surface area contributed by atoms with Gasteiger partial charge in [-0.15, -0.1) is 0 Å². The van der Waals surface area contributed by atoms with Gasteiger partial charge in [0, 0.05) is 18.8 Å². The SMILES string of the molecule is Cc1ccc(N2C(=O)c3cnc4c(c(-c5ccc(F)cc5)nn4C)c3C2=O)cc1C. The summed E-state index contributed by atoms with van der Waals surface area (Å²) < 4.78 is 15.0. The van der Waals surface area contributed by atoms with Crippen molar-refractivity contribution >= 4 is 28.5 Å². The number of hydrogen-bond acceptors (Lipinski definition) is 4. The molecule has 2 aromatic carbocycles. The van der Waals surface area contributed by atoms with E-state index in [1.165, 1.54) is 23.2 Å². The highest BCUT2D eigenvalue weighted by Crippen LogP contribution is 2.37. The molecule has 7 heteroatoms. The number of fused-ring (bicyclic) bond motifs is 3. The van der Waals surface area contributed by atoms with Gasteiger partial charge in [-0.25, -0.2) is 19.0 Å². The molecule has 0 radical (unpaired) electrons. The van der Waals surface area contributed by atoms with Gasteiger partial charge in [-0.2, -0.15) is 5.10 Å². The molecule has 30 heavy (non-hydrogen) atoms. The maximum atomic E-state index is 13.4. The number of anilines is 1. The van der Waals surface area contributed by atoms with E-state index in [1.807, 2.05) is 26.0 Å². The lowest BCUT2D eigenvalue weighted by Gasteiger charge is -2.15. The maximum Gasteiger partial charge on any atom is 0.267 e. The Labute approximate surface area is 171 Å². The third-order valence-corrected chi connectivity index (χ3v) is 5.57. The molecule has 0 aliphatic carbocycles. The Kier molecular flexibility index (Phi) is 3.83. The summed E-state index contributed by atoms with van der Waals surface area (Å²) in [6, 6.07) is 11.3. The van der Waals surface area contributed by atoms with Crippen molar-refractivity contribution in [2.45, 2.75) is 13.8 Å². The normalized spacial score (nSPS) is 13.4. The second-order valence-corrected chi connectivity index (χ2v) is 7.44. The first-order valence-electron chi connectivity index (χ1n) is 9.44. The minimum absolute atomic E-state index is 0.238. The van der Waals surface area contributed by atoms with Crippen molar-refractivity contribution in [1.82, 2.24) is 14.8 Å². The molecule has 0 bridgehead atoms. The van der Waals surface area contributed by atoms with E-state index in [1.54, 1.807) is 29.9 Å². The first-order valence-corrected chi connectivity index (χ1v) is 9.44. The minimum Gasteiger partial charge on any atom is -0.268 e. The van der Waals surface area contributed by atoms with Gasteiger partial charge in [0.1, 0.15) is 11.5 Å². The van der Waals surface area contributed by atoms with Crippen molar-refractivity contribution in [3.05, 3.63) is 76.7 Å². The fraction of sp³-hybridized carbons (Fsp3) is 0.130. The van der Waals surface area contributed by atoms with Crippen LogP contribution in [-0.4, -0.2) is 26.6 Å². The number of nitrogens with zero attached hydrogens (tertiary/aromatic N) is 4. The van der Waals surface area contributed by atoms with Crippen molar-refractivity contribution in [3.8, 4) is 11.3 Å². The van der Waals surface area contributed by atoms with Gasteiger partial charge in [0.05, 0.1) is 22.2 Å². The van der Waals surface area contributed by atoms with Gasteiger partial charge in [-0.1, -0.05) is 6.07 Å². The number of aromatic nitrogens is 3. The lowest BCUT2D eigenvalue weighted by Crippen LogP contribution is -2.29. The summed E-state index contributed by atoms with van der Waals surface area (Å²) in [5.74, 6) is -1.20. The second-order valence-electron chi connectivity index (χ2n) is 7.44. The molecule has 2 aromatic heterocycles. The van der Waals surface area contributed by atoms with E-state index >= 15 is 0 Å². The van der Waals surface area contributed by atoms with Crippen molar-refractivity contribution in [2.75, 3.05) is 4.90 Å². The lowest BCUT2D eigenvalue weighted by molar-refractivity contribution is 0.0926. The van der Waals surface area contributed by atoms with Crippen LogP contribution in [-0.2, 0) is 7.05 Å². The summed E-state index contributed by atoms with van der Waals surface area (Å²) in [4.78, 5) is 32.1. The van der Waals surface area contributed by atoms with E-state index < -0.39 is 11.8 Å². The average molecular weight is 400 g/mol. The first-order chi connectivity index (χ1) is 14.4. The van der Waals surface area contributed by atoms with Crippen molar-refractivity contribution in [3.63, 3.8) is 0 Å². The fourth-order valence-corrected chi connectivity index (χ4v) is 3.84. The van der Waals surface area contributed by atoms with Crippen molar-refractivity contribution < 1.29 is 14.0 Å². The largest absolute Gasteiger partial charge is 0.268 e. The Morgan fingerprint density at radius 2 is 1.67 bits per heavy atom. The van der Waals surface area contributed by atoms with Gasteiger partial charge in [-0.3, -0.25) is 9.59 Å². The maximum absolute atomic E-state index is 13.4. The predicted octanol–water partition coefficient (Wildman–Crippen LogP) is 4.19. The molecule has 2 amide bonds. The monoisotopic (exact) mass is 400 g/mol. The topological polar surface area (TPSA) is 68.1 Å². The Bertz CT molecular complexity index is 1370. The number of rotatable bonds is 2. The molecule has 0 N–H and O–H groups in total. The Morgan fingerprint density at radius 3 is 2.37 bits per heavy atom. The highest BCUT2D eigenvalue weighted by molar-refractivity contribution is 6.38. The molecular weight excluding hydrogens is 383 g/mol. The van der Waals surface area contributed by atoms with Crippen LogP contribution >= 0.6 is 0 Å². The summed E-state index contributed by atoms with van der Waals surface area (Å²) >= 11 is 0. The lowest BCUT2D eigenvalue weighted by atomic mass is 10.0.